The van der Waals surface area contributed by atoms with Gasteiger partial charge in [0.05, 0.1) is 15.4 Å². The van der Waals surface area contributed by atoms with E-state index in [0.717, 1.165) is 19.3 Å². The number of hydrogen-bond acceptors (Lipinski definition) is 6. The Morgan fingerprint density at radius 1 is 1.11 bits per heavy atom. The summed E-state index contributed by atoms with van der Waals surface area (Å²) in [5.41, 5.74) is -0.0595. The zero-order valence-electron chi connectivity index (χ0n) is 15.5. The molecule has 1 aliphatic rings. The number of benzene rings is 1. The molecule has 156 valence electrons. The summed E-state index contributed by atoms with van der Waals surface area (Å²) >= 11 is 0. The SMILES string of the molecule is CCCCCCNc1c([N+](=O)[O-])c(N)c(C(F)(F)F)c(CC2CC2)c1[N+](=O)[O-]. The molecule has 0 atom stereocenters. The standard InChI is InChI=1S/C17H23F3N4O4/c1-2-3-4-5-8-22-14-15(23(25)26)11(9-10-6-7-10)12(17(18,19)20)13(21)16(14)24(27)28/h10,22H,2-9,21H2,1H3. The van der Waals surface area contributed by atoms with E-state index in [9.17, 15) is 33.4 Å². The number of nitro benzene ring substituents is 2. The Labute approximate surface area is 159 Å². The molecule has 0 heterocycles. The van der Waals surface area contributed by atoms with Crippen molar-refractivity contribution in [2.75, 3.05) is 17.6 Å². The molecule has 0 saturated heterocycles. The van der Waals surface area contributed by atoms with Crippen molar-refractivity contribution >= 4 is 22.7 Å². The number of hydrogen-bond donors (Lipinski definition) is 2. The normalized spacial score (nSPS) is 14.1. The van der Waals surface area contributed by atoms with E-state index in [4.69, 9.17) is 5.73 Å². The van der Waals surface area contributed by atoms with Crippen LogP contribution in [-0.4, -0.2) is 16.4 Å². The van der Waals surface area contributed by atoms with E-state index in [1.54, 1.807) is 0 Å². The van der Waals surface area contributed by atoms with Crippen molar-refractivity contribution in [3.8, 4) is 0 Å². The average molecular weight is 404 g/mol. The van der Waals surface area contributed by atoms with Gasteiger partial charge in [0.15, 0.2) is 5.69 Å². The topological polar surface area (TPSA) is 124 Å². The molecule has 11 heteroatoms. The molecule has 8 nitrogen and oxygen atoms in total. The summed E-state index contributed by atoms with van der Waals surface area (Å²) in [6.07, 6.45) is -0.693. The summed E-state index contributed by atoms with van der Waals surface area (Å²) in [4.78, 5) is 21.1. The number of alkyl halides is 3. The molecule has 0 bridgehead atoms. The van der Waals surface area contributed by atoms with Crippen molar-refractivity contribution < 1.29 is 23.0 Å². The summed E-state index contributed by atoms with van der Waals surface area (Å²) < 4.78 is 40.9. The molecule has 3 N–H and O–H groups in total. The van der Waals surface area contributed by atoms with Crippen LogP contribution >= 0.6 is 0 Å². The van der Waals surface area contributed by atoms with Crippen LogP contribution in [-0.2, 0) is 12.6 Å². The molecular weight excluding hydrogens is 381 g/mol. The maximum absolute atomic E-state index is 13.6. The zero-order valence-corrected chi connectivity index (χ0v) is 15.5. The lowest BCUT2D eigenvalue weighted by atomic mass is 9.94. The predicted molar refractivity (Wildman–Crippen MR) is 98.2 cm³/mol. The highest BCUT2D eigenvalue weighted by molar-refractivity contribution is 5.88. The van der Waals surface area contributed by atoms with Gasteiger partial charge < -0.3 is 11.1 Å². The zero-order chi connectivity index (χ0) is 21.1. The summed E-state index contributed by atoms with van der Waals surface area (Å²) in [6.45, 7) is 2.15. The number of nitrogens with one attached hydrogen (secondary N) is 1. The van der Waals surface area contributed by atoms with Gasteiger partial charge in [-0.25, -0.2) is 0 Å². The Morgan fingerprint density at radius 2 is 1.71 bits per heavy atom. The predicted octanol–water partition coefficient (Wildman–Crippen LogP) is 5.05. The van der Waals surface area contributed by atoms with E-state index in [0.29, 0.717) is 19.3 Å². The van der Waals surface area contributed by atoms with Crippen LogP contribution in [0.4, 0.5) is 35.9 Å². The van der Waals surface area contributed by atoms with Crippen LogP contribution in [0.1, 0.15) is 56.6 Å². The van der Waals surface area contributed by atoms with Crippen LogP contribution in [0.3, 0.4) is 0 Å². The summed E-state index contributed by atoms with van der Waals surface area (Å²) in [6, 6.07) is 0. The number of rotatable bonds is 10. The van der Waals surface area contributed by atoms with Crippen LogP contribution in [0.5, 0.6) is 0 Å². The minimum absolute atomic E-state index is 0.113. The van der Waals surface area contributed by atoms with Crippen LogP contribution in [0.25, 0.3) is 0 Å². The van der Waals surface area contributed by atoms with Gasteiger partial charge in [-0.15, -0.1) is 0 Å². The third-order valence-electron chi connectivity index (χ3n) is 4.76. The molecule has 1 fully saturated rings. The smallest absolute Gasteiger partial charge is 0.393 e. The molecule has 0 amide bonds. The van der Waals surface area contributed by atoms with Crippen LogP contribution in [0.2, 0.25) is 0 Å². The van der Waals surface area contributed by atoms with Gasteiger partial charge in [-0.3, -0.25) is 20.2 Å². The molecular formula is C17H23F3N4O4. The van der Waals surface area contributed by atoms with Gasteiger partial charge in [-0.1, -0.05) is 26.2 Å². The second-order valence-corrected chi connectivity index (χ2v) is 6.99. The highest BCUT2D eigenvalue weighted by Crippen LogP contribution is 2.52. The number of nitrogens with two attached hydrogens (primary N) is 1. The summed E-state index contributed by atoms with van der Waals surface area (Å²) in [5.74, 6) is -0.113. The number of halogens is 3. The van der Waals surface area contributed by atoms with E-state index >= 15 is 0 Å². The molecule has 0 radical (unpaired) electrons. The van der Waals surface area contributed by atoms with Crippen molar-refractivity contribution in [1.82, 2.24) is 0 Å². The maximum Gasteiger partial charge on any atom is 0.419 e. The fourth-order valence-corrected chi connectivity index (χ4v) is 3.25. The van der Waals surface area contributed by atoms with Crippen molar-refractivity contribution in [1.29, 1.82) is 0 Å². The van der Waals surface area contributed by atoms with E-state index in [1.165, 1.54) is 0 Å². The van der Waals surface area contributed by atoms with Crippen LogP contribution in [0.15, 0.2) is 0 Å². The molecule has 2 rings (SSSR count). The third kappa shape index (κ3) is 4.82. The summed E-state index contributed by atoms with van der Waals surface area (Å²) in [7, 11) is 0. The van der Waals surface area contributed by atoms with Crippen molar-refractivity contribution in [2.45, 2.75) is 58.0 Å². The fourth-order valence-electron chi connectivity index (χ4n) is 3.25. The molecule has 1 aromatic rings. The van der Waals surface area contributed by atoms with Crippen molar-refractivity contribution in [3.63, 3.8) is 0 Å². The quantitative estimate of drug-likeness (QED) is 0.243. The molecule has 0 aliphatic heterocycles. The lowest BCUT2D eigenvalue weighted by molar-refractivity contribution is -0.392. The van der Waals surface area contributed by atoms with Gasteiger partial charge >= 0.3 is 17.6 Å². The van der Waals surface area contributed by atoms with Crippen molar-refractivity contribution in [2.24, 2.45) is 5.92 Å². The Bertz CT molecular complexity index is 764. The van der Waals surface area contributed by atoms with Gasteiger partial charge in [-0.05, 0) is 31.6 Å². The minimum Gasteiger partial charge on any atom is -0.393 e. The largest absolute Gasteiger partial charge is 0.419 e. The minimum atomic E-state index is -5.04. The van der Waals surface area contributed by atoms with Gasteiger partial charge in [0.1, 0.15) is 5.69 Å². The Morgan fingerprint density at radius 3 is 2.18 bits per heavy atom. The van der Waals surface area contributed by atoms with Gasteiger partial charge in [0, 0.05) is 12.1 Å². The first kappa shape index (κ1) is 21.7. The van der Waals surface area contributed by atoms with E-state index in [1.807, 2.05) is 6.92 Å². The molecule has 28 heavy (non-hydrogen) atoms. The third-order valence-corrected chi connectivity index (χ3v) is 4.76. The number of anilines is 2. The van der Waals surface area contributed by atoms with E-state index < -0.39 is 49.9 Å². The first-order valence-electron chi connectivity index (χ1n) is 9.17. The number of nitro groups is 2. The average Bonchev–Trinajstić information content (AvgIpc) is 3.36. The number of nitrogens with zero attached hydrogens (tertiary/aromatic N) is 2. The Balaban J connectivity index is 2.64. The second-order valence-electron chi connectivity index (χ2n) is 6.99. The Hall–Kier alpha value is -2.59. The fraction of sp³-hybridized carbons (Fsp3) is 0.647. The molecule has 0 unspecified atom stereocenters. The molecule has 1 aliphatic carbocycles. The second kappa shape index (κ2) is 8.61. The van der Waals surface area contributed by atoms with E-state index in [2.05, 4.69) is 5.32 Å². The highest BCUT2D eigenvalue weighted by atomic mass is 19.4. The monoisotopic (exact) mass is 404 g/mol. The molecule has 1 aromatic carbocycles. The van der Waals surface area contributed by atoms with Crippen molar-refractivity contribution in [3.05, 3.63) is 31.4 Å². The van der Waals surface area contributed by atoms with Crippen LogP contribution in [0, 0.1) is 26.1 Å². The summed E-state index contributed by atoms with van der Waals surface area (Å²) in [5, 5.41) is 25.8. The van der Waals surface area contributed by atoms with Gasteiger partial charge in [0.25, 0.3) is 0 Å². The molecule has 0 spiro atoms. The van der Waals surface area contributed by atoms with Gasteiger partial charge in [0.2, 0.25) is 0 Å². The first-order chi connectivity index (χ1) is 13.1. The number of nitrogen functional groups attached to an aromatic ring is 1. The van der Waals surface area contributed by atoms with E-state index in [-0.39, 0.29) is 18.9 Å². The Kier molecular flexibility index (Phi) is 6.68. The lowest BCUT2D eigenvalue weighted by Gasteiger charge is -2.19. The van der Waals surface area contributed by atoms with Crippen LogP contribution < -0.4 is 11.1 Å². The lowest BCUT2D eigenvalue weighted by Crippen LogP contribution is -2.19. The first-order valence-corrected chi connectivity index (χ1v) is 9.17. The number of unbranched alkanes of at least 4 members (excludes halogenated alkanes) is 3. The maximum atomic E-state index is 13.6. The highest BCUT2D eigenvalue weighted by Gasteiger charge is 2.46. The van der Waals surface area contributed by atoms with Gasteiger partial charge in [-0.2, -0.15) is 13.2 Å². The molecule has 1 saturated carbocycles. The molecule has 0 aromatic heterocycles.